The number of carbonyl (C=O) groups is 1. The maximum absolute atomic E-state index is 12.6. The standard InChI is InChI=1S/C27H27NO7/c1-32-18-11-9-17(10-12-18)27-22(16-7-5-4-6-8-16)24(28-15-29)25(30)26(27,31)23-20(34-3)13-19(33-2)14-21(23)35-27/h4-15,22,24-25,30-31H,1-3H3,(H,28,29)/t22-,24-,25-,26+,27?/m1/s1. The minimum atomic E-state index is -1.99. The van der Waals surface area contributed by atoms with Gasteiger partial charge in [-0.15, -0.1) is 0 Å². The molecule has 2 aliphatic rings. The molecule has 1 saturated carbocycles. The van der Waals surface area contributed by atoms with Crippen LogP contribution in [0.1, 0.15) is 22.6 Å². The van der Waals surface area contributed by atoms with Crippen molar-refractivity contribution in [3.63, 3.8) is 0 Å². The quantitative estimate of drug-likeness (QED) is 0.449. The molecule has 0 spiro atoms. The molecular weight excluding hydrogens is 450 g/mol. The highest BCUT2D eigenvalue weighted by atomic mass is 16.5. The molecule has 3 N–H and O–H groups in total. The highest BCUT2D eigenvalue weighted by Gasteiger charge is 2.77. The first-order valence-corrected chi connectivity index (χ1v) is 11.2. The van der Waals surface area contributed by atoms with Crippen LogP contribution in [0.15, 0.2) is 66.7 Å². The highest BCUT2D eigenvalue weighted by Crippen LogP contribution is 2.68. The topological polar surface area (TPSA) is 106 Å². The van der Waals surface area contributed by atoms with E-state index in [0.29, 0.717) is 40.5 Å². The van der Waals surface area contributed by atoms with Crippen LogP contribution in [0.25, 0.3) is 0 Å². The van der Waals surface area contributed by atoms with E-state index in [1.54, 1.807) is 43.5 Å². The van der Waals surface area contributed by atoms with Gasteiger partial charge >= 0.3 is 0 Å². The van der Waals surface area contributed by atoms with Crippen LogP contribution in [-0.4, -0.2) is 50.1 Å². The van der Waals surface area contributed by atoms with Crippen molar-refractivity contribution >= 4 is 6.41 Å². The summed E-state index contributed by atoms with van der Waals surface area (Å²) in [4.78, 5) is 11.7. The fourth-order valence-electron chi connectivity index (χ4n) is 5.77. The molecular formula is C27H27NO7. The molecule has 1 amide bonds. The number of methoxy groups -OCH3 is 3. The third-order valence-electron chi connectivity index (χ3n) is 7.22. The SMILES string of the molecule is COc1ccc(C23Oc4cc(OC)cc(OC)c4[C@]2(O)[C@H](O)[C@H](NC=O)[C@H]3c2ccccc2)cc1. The first kappa shape index (κ1) is 23.0. The summed E-state index contributed by atoms with van der Waals surface area (Å²) < 4.78 is 23.1. The van der Waals surface area contributed by atoms with E-state index in [1.165, 1.54) is 14.2 Å². The monoisotopic (exact) mass is 477 g/mol. The third-order valence-corrected chi connectivity index (χ3v) is 7.22. The number of ether oxygens (including phenoxy) is 4. The molecule has 8 nitrogen and oxygen atoms in total. The summed E-state index contributed by atoms with van der Waals surface area (Å²) in [6, 6.07) is 18.9. The maximum atomic E-state index is 12.6. The first-order chi connectivity index (χ1) is 17.0. The number of fused-ring (bicyclic) bond motifs is 3. The van der Waals surface area contributed by atoms with E-state index in [1.807, 2.05) is 30.3 Å². The van der Waals surface area contributed by atoms with Gasteiger partial charge in [0.25, 0.3) is 0 Å². The van der Waals surface area contributed by atoms with Crippen LogP contribution in [0, 0.1) is 0 Å². The highest BCUT2D eigenvalue weighted by molar-refractivity contribution is 5.64. The minimum Gasteiger partial charge on any atom is -0.497 e. The smallest absolute Gasteiger partial charge is 0.207 e. The Labute approximate surface area is 203 Å². The summed E-state index contributed by atoms with van der Waals surface area (Å²) in [5.74, 6) is 1.05. The second kappa shape index (κ2) is 8.48. The van der Waals surface area contributed by atoms with Gasteiger partial charge < -0.3 is 34.5 Å². The zero-order valence-corrected chi connectivity index (χ0v) is 19.6. The molecule has 182 valence electrons. The fraction of sp³-hybridized carbons (Fsp3) is 0.296. The van der Waals surface area contributed by atoms with Crippen LogP contribution < -0.4 is 24.3 Å². The van der Waals surface area contributed by atoms with E-state index in [2.05, 4.69) is 5.32 Å². The Hall–Kier alpha value is -3.75. The Balaban J connectivity index is 1.86. The number of nitrogens with one attached hydrogen (secondary N) is 1. The van der Waals surface area contributed by atoms with Gasteiger partial charge in [0.05, 0.1) is 38.9 Å². The molecule has 1 unspecified atom stereocenters. The number of carbonyl (C=O) groups excluding carboxylic acids is 1. The maximum Gasteiger partial charge on any atom is 0.207 e. The lowest BCUT2D eigenvalue weighted by Gasteiger charge is -2.40. The molecule has 5 rings (SSSR count). The van der Waals surface area contributed by atoms with Gasteiger partial charge in [0.1, 0.15) is 29.1 Å². The van der Waals surface area contributed by atoms with Crippen molar-refractivity contribution in [3.05, 3.63) is 83.4 Å². The third kappa shape index (κ3) is 3.03. The molecule has 1 aliphatic heterocycles. The summed E-state index contributed by atoms with van der Waals surface area (Å²) in [6.07, 6.45) is -0.911. The Morgan fingerprint density at radius 1 is 0.943 bits per heavy atom. The van der Waals surface area contributed by atoms with Gasteiger partial charge in [0, 0.05) is 12.1 Å². The van der Waals surface area contributed by atoms with Gasteiger partial charge in [-0.3, -0.25) is 4.79 Å². The van der Waals surface area contributed by atoms with Gasteiger partial charge in [-0.2, -0.15) is 0 Å². The summed E-state index contributed by atoms with van der Waals surface area (Å²) >= 11 is 0. The lowest BCUT2D eigenvalue weighted by atomic mass is 9.71. The van der Waals surface area contributed by atoms with Gasteiger partial charge in [0.2, 0.25) is 6.41 Å². The molecule has 5 atom stereocenters. The number of aliphatic hydroxyl groups excluding tert-OH is 1. The Morgan fingerprint density at radius 2 is 1.63 bits per heavy atom. The minimum absolute atomic E-state index is 0.292. The number of rotatable bonds is 7. The van der Waals surface area contributed by atoms with Crippen molar-refractivity contribution in [2.75, 3.05) is 21.3 Å². The van der Waals surface area contributed by atoms with Gasteiger partial charge in [-0.1, -0.05) is 42.5 Å². The summed E-state index contributed by atoms with van der Waals surface area (Å²) in [5, 5.41) is 27.1. The van der Waals surface area contributed by atoms with E-state index in [4.69, 9.17) is 18.9 Å². The number of aliphatic hydroxyl groups is 2. The predicted octanol–water partition coefficient (Wildman–Crippen LogP) is 2.46. The Bertz CT molecular complexity index is 1230. The molecule has 8 heteroatoms. The molecule has 0 saturated heterocycles. The van der Waals surface area contributed by atoms with Crippen LogP contribution in [0.3, 0.4) is 0 Å². The van der Waals surface area contributed by atoms with Crippen LogP contribution in [0.4, 0.5) is 0 Å². The summed E-state index contributed by atoms with van der Waals surface area (Å²) in [5.41, 5.74) is -1.85. The normalized spacial score (nSPS) is 28.4. The molecule has 0 bridgehead atoms. The number of benzene rings is 3. The van der Waals surface area contributed by atoms with Crippen molar-refractivity contribution in [2.24, 2.45) is 0 Å². The van der Waals surface area contributed by atoms with Crippen molar-refractivity contribution in [1.29, 1.82) is 0 Å². The van der Waals surface area contributed by atoms with Crippen molar-refractivity contribution in [2.45, 2.75) is 29.3 Å². The molecule has 1 fully saturated rings. The number of hydrogen-bond acceptors (Lipinski definition) is 7. The number of amides is 1. The van der Waals surface area contributed by atoms with E-state index in [9.17, 15) is 15.0 Å². The predicted molar refractivity (Wildman–Crippen MR) is 127 cm³/mol. The molecule has 35 heavy (non-hydrogen) atoms. The molecule has 1 heterocycles. The van der Waals surface area contributed by atoms with Crippen molar-refractivity contribution < 1.29 is 34.0 Å². The van der Waals surface area contributed by atoms with Crippen molar-refractivity contribution in [3.8, 4) is 23.0 Å². The Kier molecular flexibility index (Phi) is 5.57. The second-order valence-electron chi connectivity index (χ2n) is 8.68. The number of hydrogen-bond donors (Lipinski definition) is 3. The fourth-order valence-corrected chi connectivity index (χ4v) is 5.77. The van der Waals surface area contributed by atoms with Gasteiger partial charge in [0.15, 0.2) is 11.2 Å². The molecule has 3 aromatic rings. The van der Waals surface area contributed by atoms with E-state index in [-0.39, 0.29) is 0 Å². The first-order valence-electron chi connectivity index (χ1n) is 11.2. The Morgan fingerprint density at radius 3 is 2.23 bits per heavy atom. The van der Waals surface area contributed by atoms with Crippen molar-refractivity contribution in [1.82, 2.24) is 5.32 Å². The van der Waals surface area contributed by atoms with Crippen LogP contribution in [0.5, 0.6) is 23.0 Å². The summed E-state index contributed by atoms with van der Waals surface area (Å²) in [6.45, 7) is 0. The molecule has 1 aliphatic carbocycles. The average molecular weight is 478 g/mol. The van der Waals surface area contributed by atoms with E-state index < -0.39 is 29.3 Å². The lowest BCUT2D eigenvalue weighted by Crippen LogP contribution is -2.52. The second-order valence-corrected chi connectivity index (χ2v) is 8.68. The van der Waals surface area contributed by atoms with Gasteiger partial charge in [-0.05, 0) is 23.3 Å². The molecule has 3 aromatic carbocycles. The van der Waals surface area contributed by atoms with E-state index >= 15 is 0 Å². The molecule has 0 radical (unpaired) electrons. The lowest BCUT2D eigenvalue weighted by molar-refractivity contribution is -0.151. The van der Waals surface area contributed by atoms with Crippen LogP contribution in [-0.2, 0) is 16.0 Å². The van der Waals surface area contributed by atoms with Crippen LogP contribution in [0.2, 0.25) is 0 Å². The van der Waals surface area contributed by atoms with E-state index in [0.717, 1.165) is 5.56 Å². The van der Waals surface area contributed by atoms with Crippen LogP contribution >= 0.6 is 0 Å². The zero-order valence-electron chi connectivity index (χ0n) is 19.6. The summed E-state index contributed by atoms with van der Waals surface area (Å²) in [7, 11) is 4.57. The largest absolute Gasteiger partial charge is 0.497 e. The average Bonchev–Trinajstić information content (AvgIpc) is 3.27. The zero-order chi connectivity index (χ0) is 24.8. The molecule has 0 aromatic heterocycles. The van der Waals surface area contributed by atoms with Gasteiger partial charge in [-0.25, -0.2) is 0 Å².